The van der Waals surface area contributed by atoms with Gasteiger partial charge in [0.05, 0.1) is 12.1 Å². The molecular weight excluding hydrogens is 467 g/mol. The topological polar surface area (TPSA) is 78.7 Å². The Bertz CT molecular complexity index is 1250. The van der Waals surface area contributed by atoms with Crippen molar-refractivity contribution in [3.8, 4) is 0 Å². The van der Waals surface area contributed by atoms with Gasteiger partial charge in [0.15, 0.2) is 0 Å². The van der Waals surface area contributed by atoms with Crippen molar-refractivity contribution >= 4 is 22.6 Å². The summed E-state index contributed by atoms with van der Waals surface area (Å²) < 4.78 is 13.3. The average molecular weight is 503 g/mol. The van der Waals surface area contributed by atoms with Gasteiger partial charge in [-0.2, -0.15) is 0 Å². The minimum absolute atomic E-state index is 0.0432. The molecule has 194 valence electrons. The second-order valence-electron chi connectivity index (χ2n) is 9.66. The molecule has 6 nitrogen and oxygen atoms in total. The maximum Gasteiger partial charge on any atom is 0.240 e. The summed E-state index contributed by atoms with van der Waals surface area (Å²) >= 11 is 0. The Morgan fingerprint density at radius 2 is 1.76 bits per heavy atom. The lowest BCUT2D eigenvalue weighted by Crippen LogP contribution is -2.62. The Morgan fingerprint density at radius 1 is 1.05 bits per heavy atom. The summed E-state index contributed by atoms with van der Waals surface area (Å²) in [5.74, 6) is -0.500. The molecule has 37 heavy (non-hydrogen) atoms. The van der Waals surface area contributed by atoms with Crippen LogP contribution in [-0.2, 0) is 22.4 Å². The highest BCUT2D eigenvalue weighted by atomic mass is 19.1. The maximum absolute atomic E-state index is 13.3. The molecule has 3 unspecified atom stereocenters. The van der Waals surface area contributed by atoms with E-state index in [0.717, 1.165) is 21.9 Å². The largest absolute Gasteiger partial charge is 0.358 e. The fourth-order valence-corrected chi connectivity index (χ4v) is 5.16. The molecule has 0 spiro atoms. The van der Waals surface area contributed by atoms with Crippen molar-refractivity contribution in [2.24, 2.45) is 5.73 Å². The first kappa shape index (κ1) is 26.5. The van der Waals surface area contributed by atoms with Crippen LogP contribution in [0.5, 0.6) is 0 Å². The van der Waals surface area contributed by atoms with Crippen molar-refractivity contribution in [2.45, 2.75) is 37.4 Å². The zero-order valence-electron chi connectivity index (χ0n) is 21.3. The molecule has 0 aromatic heterocycles. The van der Waals surface area contributed by atoms with Crippen LogP contribution in [-0.4, -0.2) is 66.4 Å². The van der Waals surface area contributed by atoms with E-state index in [9.17, 15) is 14.0 Å². The van der Waals surface area contributed by atoms with Crippen LogP contribution in [0.3, 0.4) is 0 Å². The van der Waals surface area contributed by atoms with Crippen LogP contribution in [0.1, 0.15) is 17.5 Å². The number of fused-ring (bicyclic) bond motifs is 1. The summed E-state index contributed by atoms with van der Waals surface area (Å²) in [7, 11) is 1.66. The van der Waals surface area contributed by atoms with Crippen molar-refractivity contribution in [1.29, 1.82) is 0 Å². The molecule has 3 N–H and O–H groups in total. The van der Waals surface area contributed by atoms with Crippen molar-refractivity contribution in [1.82, 2.24) is 15.1 Å². The molecule has 1 aliphatic rings. The molecule has 2 amide bonds. The Balaban J connectivity index is 1.48. The van der Waals surface area contributed by atoms with Gasteiger partial charge in [-0.15, -0.1) is 6.58 Å². The summed E-state index contributed by atoms with van der Waals surface area (Å²) in [6.07, 6.45) is 3.31. The van der Waals surface area contributed by atoms with E-state index in [1.54, 1.807) is 25.3 Å². The number of piperazine rings is 1. The van der Waals surface area contributed by atoms with Crippen LogP contribution >= 0.6 is 0 Å². The standard InChI is InChI=1S/C30H35FN4O2/c1-3-6-26-20-34(15-16-35(26)30(37)27(32)18-21-10-13-25(31)14-11-21)28(29(36)33-2)19-22-9-12-23-7-4-5-8-24(23)17-22/h3-5,7-14,17,26-28H,1,6,15-16,18-20,32H2,2H3,(H,33,36). The van der Waals surface area contributed by atoms with Gasteiger partial charge < -0.3 is 16.0 Å². The number of rotatable bonds is 9. The number of amides is 2. The highest BCUT2D eigenvalue weighted by molar-refractivity contribution is 5.85. The van der Waals surface area contributed by atoms with E-state index in [-0.39, 0.29) is 29.7 Å². The Morgan fingerprint density at radius 3 is 2.46 bits per heavy atom. The van der Waals surface area contributed by atoms with Crippen LogP contribution in [0.25, 0.3) is 10.8 Å². The lowest BCUT2D eigenvalue weighted by Gasteiger charge is -2.44. The van der Waals surface area contributed by atoms with Gasteiger partial charge >= 0.3 is 0 Å². The lowest BCUT2D eigenvalue weighted by atomic mass is 9.97. The van der Waals surface area contributed by atoms with Gasteiger partial charge in [0.1, 0.15) is 5.82 Å². The highest BCUT2D eigenvalue weighted by Gasteiger charge is 2.36. The quantitative estimate of drug-likeness (QED) is 0.440. The van der Waals surface area contributed by atoms with E-state index in [0.29, 0.717) is 38.9 Å². The van der Waals surface area contributed by atoms with Crippen molar-refractivity contribution in [3.05, 3.63) is 96.3 Å². The second kappa shape index (κ2) is 12.1. The molecule has 3 aromatic carbocycles. The van der Waals surface area contributed by atoms with E-state index in [1.807, 2.05) is 17.0 Å². The maximum atomic E-state index is 13.3. The van der Waals surface area contributed by atoms with E-state index in [1.165, 1.54) is 12.1 Å². The van der Waals surface area contributed by atoms with E-state index in [4.69, 9.17) is 5.73 Å². The first-order valence-electron chi connectivity index (χ1n) is 12.7. The normalized spacial score (nSPS) is 17.8. The highest BCUT2D eigenvalue weighted by Crippen LogP contribution is 2.22. The molecule has 1 heterocycles. The molecule has 0 aliphatic carbocycles. The lowest BCUT2D eigenvalue weighted by molar-refractivity contribution is -0.139. The number of benzene rings is 3. The zero-order chi connectivity index (χ0) is 26.4. The fourth-order valence-electron chi connectivity index (χ4n) is 5.16. The number of nitrogens with one attached hydrogen (secondary N) is 1. The molecule has 1 aliphatic heterocycles. The third kappa shape index (κ3) is 6.42. The first-order chi connectivity index (χ1) is 17.9. The number of hydrogen-bond acceptors (Lipinski definition) is 4. The molecular formula is C30H35FN4O2. The summed E-state index contributed by atoms with van der Waals surface area (Å²) in [5.41, 5.74) is 8.21. The van der Waals surface area contributed by atoms with Crippen LogP contribution in [0, 0.1) is 5.82 Å². The molecule has 4 rings (SSSR count). The Kier molecular flexibility index (Phi) is 8.69. The molecule has 0 bridgehead atoms. The van der Waals surface area contributed by atoms with E-state index >= 15 is 0 Å². The van der Waals surface area contributed by atoms with E-state index in [2.05, 4.69) is 47.1 Å². The van der Waals surface area contributed by atoms with Gasteiger partial charge in [0.25, 0.3) is 0 Å². The molecule has 0 saturated carbocycles. The van der Waals surface area contributed by atoms with Crippen LogP contribution in [0.4, 0.5) is 4.39 Å². The van der Waals surface area contributed by atoms with Gasteiger partial charge in [0, 0.05) is 32.7 Å². The number of carbonyl (C=O) groups is 2. The fraction of sp³-hybridized carbons (Fsp3) is 0.333. The molecule has 1 saturated heterocycles. The van der Waals surface area contributed by atoms with Gasteiger partial charge in [-0.3, -0.25) is 14.5 Å². The Labute approximate surface area is 217 Å². The van der Waals surface area contributed by atoms with Crippen molar-refractivity contribution < 1.29 is 14.0 Å². The third-order valence-electron chi connectivity index (χ3n) is 7.15. The molecule has 3 aromatic rings. The number of nitrogens with two attached hydrogens (primary N) is 1. The Hall–Kier alpha value is -3.55. The van der Waals surface area contributed by atoms with Crippen LogP contribution < -0.4 is 11.1 Å². The predicted molar refractivity (Wildman–Crippen MR) is 145 cm³/mol. The molecule has 3 atom stereocenters. The van der Waals surface area contributed by atoms with Crippen molar-refractivity contribution in [3.63, 3.8) is 0 Å². The number of carbonyl (C=O) groups excluding carboxylic acids is 2. The third-order valence-corrected chi connectivity index (χ3v) is 7.15. The summed E-state index contributed by atoms with van der Waals surface area (Å²) in [5, 5.41) is 5.13. The number of halogens is 1. The van der Waals surface area contributed by atoms with E-state index < -0.39 is 6.04 Å². The minimum atomic E-state index is -0.725. The molecule has 1 fully saturated rings. The monoisotopic (exact) mass is 502 g/mol. The second-order valence-corrected chi connectivity index (χ2v) is 9.66. The summed E-state index contributed by atoms with van der Waals surface area (Å²) in [4.78, 5) is 30.3. The van der Waals surface area contributed by atoms with Gasteiger partial charge in [-0.1, -0.05) is 60.7 Å². The summed E-state index contributed by atoms with van der Waals surface area (Å²) in [6.45, 7) is 5.47. The number of likely N-dealkylation sites (N-methyl/N-ethyl adjacent to an activating group) is 1. The average Bonchev–Trinajstić information content (AvgIpc) is 2.92. The molecule has 7 heteroatoms. The SMILES string of the molecule is C=CCC1CN(C(Cc2ccc3ccccc3c2)C(=O)NC)CCN1C(=O)C(N)Cc1ccc(F)cc1. The van der Waals surface area contributed by atoms with Crippen molar-refractivity contribution in [2.75, 3.05) is 26.7 Å². The molecule has 0 radical (unpaired) electrons. The van der Waals surface area contributed by atoms with Gasteiger partial charge in [-0.25, -0.2) is 4.39 Å². The minimum Gasteiger partial charge on any atom is -0.358 e. The predicted octanol–water partition coefficient (Wildman–Crippen LogP) is 3.29. The van der Waals surface area contributed by atoms with Gasteiger partial charge in [0.2, 0.25) is 11.8 Å². The number of nitrogens with zero attached hydrogens (tertiary/aromatic N) is 2. The van der Waals surface area contributed by atoms with Gasteiger partial charge in [-0.05, 0) is 53.3 Å². The smallest absolute Gasteiger partial charge is 0.240 e. The zero-order valence-corrected chi connectivity index (χ0v) is 21.3. The first-order valence-corrected chi connectivity index (χ1v) is 12.7. The van der Waals surface area contributed by atoms with Crippen LogP contribution in [0.2, 0.25) is 0 Å². The summed E-state index contributed by atoms with van der Waals surface area (Å²) in [6, 6.07) is 19.3. The van der Waals surface area contributed by atoms with Crippen LogP contribution in [0.15, 0.2) is 79.4 Å². The number of hydrogen-bond donors (Lipinski definition) is 2.